The molecule has 2 rings (SSSR count). The monoisotopic (exact) mass is 344 g/mol. The lowest BCUT2D eigenvalue weighted by Crippen LogP contribution is -2.55. The molecule has 1 amide bonds. The standard InChI is InChI=1S/C16H24N2O4.ClH/c1-10-8-18(9-11(2)17-10)16(19)12-6-7-13(20-3)15(22-5)14(12)21-4;/h6-7,10-11,17H,8-9H2,1-5H3;1H. The normalized spacial score (nSPS) is 20.5. The Labute approximate surface area is 143 Å². The summed E-state index contributed by atoms with van der Waals surface area (Å²) in [5.41, 5.74) is 0.487. The summed E-state index contributed by atoms with van der Waals surface area (Å²) in [4.78, 5) is 14.7. The van der Waals surface area contributed by atoms with Crippen LogP contribution in [0.3, 0.4) is 0 Å². The Bertz CT molecular complexity index is 543. The SMILES string of the molecule is COc1ccc(C(=O)N2CC(C)NC(C)C2)c(OC)c1OC.Cl. The molecule has 0 spiro atoms. The van der Waals surface area contributed by atoms with Gasteiger partial charge in [0.05, 0.1) is 26.9 Å². The molecule has 1 aliphatic rings. The first-order valence-corrected chi connectivity index (χ1v) is 7.36. The van der Waals surface area contributed by atoms with Crippen LogP contribution in [0.15, 0.2) is 12.1 Å². The number of piperazine rings is 1. The van der Waals surface area contributed by atoms with Gasteiger partial charge in [0.2, 0.25) is 5.75 Å². The van der Waals surface area contributed by atoms with E-state index < -0.39 is 0 Å². The minimum atomic E-state index is -0.0574. The van der Waals surface area contributed by atoms with Gasteiger partial charge in [-0.3, -0.25) is 4.79 Å². The van der Waals surface area contributed by atoms with E-state index in [2.05, 4.69) is 19.2 Å². The molecule has 0 bridgehead atoms. The van der Waals surface area contributed by atoms with E-state index >= 15 is 0 Å². The maximum Gasteiger partial charge on any atom is 0.257 e. The molecule has 1 aliphatic heterocycles. The van der Waals surface area contributed by atoms with E-state index in [1.165, 1.54) is 14.2 Å². The smallest absolute Gasteiger partial charge is 0.257 e. The first-order valence-electron chi connectivity index (χ1n) is 7.36. The highest BCUT2D eigenvalue weighted by Gasteiger charge is 2.29. The molecule has 23 heavy (non-hydrogen) atoms. The van der Waals surface area contributed by atoms with E-state index in [0.29, 0.717) is 35.9 Å². The molecule has 0 aromatic heterocycles. The minimum absolute atomic E-state index is 0. The van der Waals surface area contributed by atoms with Gasteiger partial charge in [0.1, 0.15) is 0 Å². The van der Waals surface area contributed by atoms with Crippen molar-refractivity contribution >= 4 is 18.3 Å². The predicted molar refractivity (Wildman–Crippen MR) is 91.3 cm³/mol. The average Bonchev–Trinajstić information content (AvgIpc) is 2.51. The van der Waals surface area contributed by atoms with Crippen molar-refractivity contribution in [3.05, 3.63) is 17.7 Å². The average molecular weight is 345 g/mol. The molecule has 7 heteroatoms. The second-order valence-corrected chi connectivity index (χ2v) is 5.56. The zero-order valence-corrected chi connectivity index (χ0v) is 15.0. The van der Waals surface area contributed by atoms with E-state index in [9.17, 15) is 4.79 Å². The van der Waals surface area contributed by atoms with Crippen molar-refractivity contribution in [3.63, 3.8) is 0 Å². The van der Waals surface area contributed by atoms with Gasteiger partial charge < -0.3 is 24.4 Å². The fourth-order valence-corrected chi connectivity index (χ4v) is 2.93. The molecule has 130 valence electrons. The van der Waals surface area contributed by atoms with Crippen molar-refractivity contribution < 1.29 is 19.0 Å². The van der Waals surface area contributed by atoms with Crippen LogP contribution in [0.4, 0.5) is 0 Å². The number of benzene rings is 1. The quantitative estimate of drug-likeness (QED) is 0.904. The fourth-order valence-electron chi connectivity index (χ4n) is 2.93. The molecule has 1 N–H and O–H groups in total. The number of nitrogens with zero attached hydrogens (tertiary/aromatic N) is 1. The van der Waals surface area contributed by atoms with E-state index in [1.807, 2.05) is 4.90 Å². The van der Waals surface area contributed by atoms with Gasteiger partial charge in [0, 0.05) is 25.2 Å². The van der Waals surface area contributed by atoms with Crippen LogP contribution in [-0.4, -0.2) is 57.3 Å². The maximum atomic E-state index is 12.9. The van der Waals surface area contributed by atoms with Crippen LogP contribution >= 0.6 is 12.4 Å². The van der Waals surface area contributed by atoms with E-state index in [0.717, 1.165) is 0 Å². The molecule has 1 fully saturated rings. The predicted octanol–water partition coefficient (Wildman–Crippen LogP) is 1.96. The van der Waals surface area contributed by atoms with Gasteiger partial charge >= 0.3 is 0 Å². The Balaban J connectivity index is 0.00000264. The maximum absolute atomic E-state index is 12.9. The third kappa shape index (κ3) is 4.00. The zero-order chi connectivity index (χ0) is 16.3. The molecule has 0 aliphatic carbocycles. The number of hydrogen-bond donors (Lipinski definition) is 1. The molecule has 6 nitrogen and oxygen atoms in total. The summed E-state index contributed by atoms with van der Waals surface area (Å²) < 4.78 is 16.0. The summed E-state index contributed by atoms with van der Waals surface area (Å²) in [6, 6.07) is 3.97. The van der Waals surface area contributed by atoms with Gasteiger partial charge in [-0.1, -0.05) is 0 Å². The number of hydrogen-bond acceptors (Lipinski definition) is 5. The Hall–Kier alpha value is -1.66. The number of ether oxygens (including phenoxy) is 3. The van der Waals surface area contributed by atoms with Crippen molar-refractivity contribution in [1.82, 2.24) is 10.2 Å². The number of amides is 1. The van der Waals surface area contributed by atoms with Gasteiger partial charge in [0.15, 0.2) is 11.5 Å². The number of methoxy groups -OCH3 is 3. The summed E-state index contributed by atoms with van der Waals surface area (Å²) in [5.74, 6) is 1.33. The molecule has 1 aromatic carbocycles. The van der Waals surface area contributed by atoms with Gasteiger partial charge in [-0.15, -0.1) is 12.4 Å². The molecule has 1 aromatic rings. The molecule has 1 saturated heterocycles. The van der Waals surface area contributed by atoms with Crippen LogP contribution in [-0.2, 0) is 0 Å². The van der Waals surface area contributed by atoms with Crippen molar-refractivity contribution in [2.75, 3.05) is 34.4 Å². The Morgan fingerprint density at radius 3 is 2.09 bits per heavy atom. The highest BCUT2D eigenvalue weighted by Crippen LogP contribution is 2.40. The summed E-state index contributed by atoms with van der Waals surface area (Å²) >= 11 is 0. The van der Waals surface area contributed by atoms with Gasteiger partial charge in [-0.05, 0) is 26.0 Å². The summed E-state index contributed by atoms with van der Waals surface area (Å²) in [5, 5.41) is 3.42. The second kappa shape index (κ2) is 8.26. The topological polar surface area (TPSA) is 60.0 Å². The molecule has 1 heterocycles. The van der Waals surface area contributed by atoms with Crippen molar-refractivity contribution in [1.29, 1.82) is 0 Å². The van der Waals surface area contributed by atoms with E-state index in [4.69, 9.17) is 14.2 Å². The number of rotatable bonds is 4. The number of carbonyl (C=O) groups excluding carboxylic acids is 1. The lowest BCUT2D eigenvalue weighted by atomic mass is 10.1. The van der Waals surface area contributed by atoms with Crippen LogP contribution in [0.1, 0.15) is 24.2 Å². The summed E-state index contributed by atoms with van der Waals surface area (Å²) in [6.07, 6.45) is 0. The highest BCUT2D eigenvalue weighted by molar-refractivity contribution is 5.98. The lowest BCUT2D eigenvalue weighted by Gasteiger charge is -2.36. The second-order valence-electron chi connectivity index (χ2n) is 5.56. The molecular weight excluding hydrogens is 320 g/mol. The largest absolute Gasteiger partial charge is 0.493 e. The molecular formula is C16H25ClN2O4. The Morgan fingerprint density at radius 1 is 1.04 bits per heavy atom. The summed E-state index contributed by atoms with van der Waals surface area (Å²) in [6.45, 7) is 5.48. The highest BCUT2D eigenvalue weighted by atomic mass is 35.5. The third-order valence-electron chi connectivity index (χ3n) is 3.78. The van der Waals surface area contributed by atoms with Crippen molar-refractivity contribution in [3.8, 4) is 17.2 Å². The third-order valence-corrected chi connectivity index (χ3v) is 3.78. The first kappa shape index (κ1) is 19.4. The molecule has 0 radical (unpaired) electrons. The number of halogens is 1. The minimum Gasteiger partial charge on any atom is -0.493 e. The number of carbonyl (C=O) groups is 1. The fraction of sp³-hybridized carbons (Fsp3) is 0.562. The Kier molecular flexibility index (Phi) is 6.97. The van der Waals surface area contributed by atoms with E-state index in [1.54, 1.807) is 19.2 Å². The lowest BCUT2D eigenvalue weighted by molar-refractivity contribution is 0.0669. The van der Waals surface area contributed by atoms with Gasteiger partial charge in [0.25, 0.3) is 5.91 Å². The Morgan fingerprint density at radius 2 is 1.61 bits per heavy atom. The van der Waals surface area contributed by atoms with Crippen molar-refractivity contribution in [2.45, 2.75) is 25.9 Å². The molecule has 2 unspecified atom stereocenters. The van der Waals surface area contributed by atoms with Gasteiger partial charge in [-0.25, -0.2) is 0 Å². The zero-order valence-electron chi connectivity index (χ0n) is 14.2. The molecule has 2 atom stereocenters. The van der Waals surface area contributed by atoms with Crippen LogP contribution in [0.2, 0.25) is 0 Å². The molecule has 0 saturated carbocycles. The van der Waals surface area contributed by atoms with Crippen molar-refractivity contribution in [2.24, 2.45) is 0 Å². The number of nitrogens with one attached hydrogen (secondary N) is 1. The van der Waals surface area contributed by atoms with Crippen LogP contribution < -0.4 is 19.5 Å². The van der Waals surface area contributed by atoms with Crippen LogP contribution in [0.25, 0.3) is 0 Å². The first-order chi connectivity index (χ1) is 10.5. The van der Waals surface area contributed by atoms with Gasteiger partial charge in [-0.2, -0.15) is 0 Å². The van der Waals surface area contributed by atoms with Crippen LogP contribution in [0, 0.1) is 0 Å². The summed E-state index contributed by atoms with van der Waals surface area (Å²) in [7, 11) is 4.61. The van der Waals surface area contributed by atoms with E-state index in [-0.39, 0.29) is 30.4 Å². The van der Waals surface area contributed by atoms with Crippen LogP contribution in [0.5, 0.6) is 17.2 Å².